The van der Waals surface area contributed by atoms with Gasteiger partial charge in [0.2, 0.25) is 0 Å². The molecule has 2 aromatic rings. The summed E-state index contributed by atoms with van der Waals surface area (Å²) in [7, 11) is 0. The molecule has 0 aliphatic heterocycles. The molecule has 2 heterocycles. The number of aromatic nitrogens is 4. The number of H-pyrrole nitrogens is 1. The van der Waals surface area contributed by atoms with Crippen LogP contribution in [0.15, 0.2) is 12.7 Å². The third kappa shape index (κ3) is 1.78. The zero-order valence-electron chi connectivity index (χ0n) is 11.2. The van der Waals surface area contributed by atoms with E-state index in [1.807, 2.05) is 0 Å². The Bertz CT molecular complexity index is 660. The first kappa shape index (κ1) is 11.8. The molecule has 2 fully saturated rings. The maximum atomic E-state index is 12.3. The molecule has 1 atom stereocenters. The molecule has 2 aliphatic rings. The van der Waals surface area contributed by atoms with Gasteiger partial charge in [-0.15, -0.1) is 0 Å². The third-order valence-corrected chi connectivity index (χ3v) is 4.93. The quantitative estimate of drug-likeness (QED) is 0.889. The topological polar surface area (TPSA) is 83.6 Å². The van der Waals surface area contributed by atoms with Gasteiger partial charge in [0, 0.05) is 6.54 Å². The molecular formula is C14H17N5O. The number of aromatic amines is 1. The Hall–Kier alpha value is -1.98. The number of carbonyl (C=O) groups is 1. The van der Waals surface area contributed by atoms with E-state index in [4.69, 9.17) is 0 Å². The molecule has 4 rings (SSSR count). The van der Waals surface area contributed by atoms with Gasteiger partial charge in [-0.05, 0) is 37.0 Å². The van der Waals surface area contributed by atoms with Crippen LogP contribution in [0.3, 0.4) is 0 Å². The smallest absolute Gasteiger partial charge is 0.272 e. The Morgan fingerprint density at radius 2 is 2.25 bits per heavy atom. The Labute approximate surface area is 116 Å². The van der Waals surface area contributed by atoms with Crippen molar-refractivity contribution in [2.24, 2.45) is 11.3 Å². The van der Waals surface area contributed by atoms with Crippen LogP contribution in [-0.2, 0) is 0 Å². The predicted molar refractivity (Wildman–Crippen MR) is 73.0 cm³/mol. The monoisotopic (exact) mass is 271 g/mol. The number of nitrogens with one attached hydrogen (secondary N) is 2. The van der Waals surface area contributed by atoms with Gasteiger partial charge in [-0.25, -0.2) is 15.0 Å². The van der Waals surface area contributed by atoms with Crippen LogP contribution in [0.1, 0.15) is 42.6 Å². The molecule has 0 radical (unpaired) electrons. The van der Waals surface area contributed by atoms with Gasteiger partial charge in [0.15, 0.2) is 11.3 Å². The van der Waals surface area contributed by atoms with Crippen LogP contribution in [0.2, 0.25) is 0 Å². The molecule has 6 nitrogen and oxygen atoms in total. The van der Waals surface area contributed by atoms with Crippen molar-refractivity contribution < 1.29 is 4.79 Å². The molecule has 6 heteroatoms. The van der Waals surface area contributed by atoms with Gasteiger partial charge in [0.1, 0.15) is 11.8 Å². The molecule has 1 amide bonds. The fourth-order valence-electron chi connectivity index (χ4n) is 3.59. The Morgan fingerprint density at radius 1 is 1.35 bits per heavy atom. The predicted octanol–water partition coefficient (Wildman–Crippen LogP) is 1.66. The zero-order chi connectivity index (χ0) is 13.6. The second kappa shape index (κ2) is 4.26. The van der Waals surface area contributed by atoms with Crippen molar-refractivity contribution in [1.82, 2.24) is 25.3 Å². The minimum atomic E-state index is -0.135. The van der Waals surface area contributed by atoms with Crippen molar-refractivity contribution in [3.8, 4) is 0 Å². The van der Waals surface area contributed by atoms with Gasteiger partial charge in [-0.3, -0.25) is 4.79 Å². The number of fused-ring (bicyclic) bond motifs is 1. The van der Waals surface area contributed by atoms with E-state index in [0.717, 1.165) is 6.54 Å². The molecule has 0 saturated heterocycles. The Kier molecular flexibility index (Phi) is 2.52. The fraction of sp³-hybridized carbons (Fsp3) is 0.571. The highest BCUT2D eigenvalue weighted by atomic mass is 16.1. The van der Waals surface area contributed by atoms with Crippen molar-refractivity contribution in [1.29, 1.82) is 0 Å². The van der Waals surface area contributed by atoms with E-state index in [9.17, 15) is 4.79 Å². The Morgan fingerprint density at radius 3 is 3.10 bits per heavy atom. The molecule has 20 heavy (non-hydrogen) atoms. The second-order valence-corrected chi connectivity index (χ2v) is 5.98. The lowest BCUT2D eigenvalue weighted by atomic mass is 9.93. The number of amides is 1. The lowest BCUT2D eigenvalue weighted by Gasteiger charge is -2.18. The van der Waals surface area contributed by atoms with E-state index in [-0.39, 0.29) is 5.91 Å². The number of rotatable bonds is 3. The van der Waals surface area contributed by atoms with Gasteiger partial charge >= 0.3 is 0 Å². The van der Waals surface area contributed by atoms with Crippen LogP contribution in [0.25, 0.3) is 11.2 Å². The SMILES string of the molecule is O=C(NCC1CCCC12CC2)c1ncnc2nc[nH]c12. The minimum absolute atomic E-state index is 0.135. The molecule has 2 aromatic heterocycles. The lowest BCUT2D eigenvalue weighted by Crippen LogP contribution is -2.32. The van der Waals surface area contributed by atoms with Crippen LogP contribution in [0.5, 0.6) is 0 Å². The molecule has 2 saturated carbocycles. The first-order chi connectivity index (χ1) is 9.78. The summed E-state index contributed by atoms with van der Waals surface area (Å²) < 4.78 is 0. The zero-order valence-corrected chi connectivity index (χ0v) is 11.2. The molecule has 1 unspecified atom stereocenters. The normalized spacial score (nSPS) is 23.3. The molecule has 1 spiro atoms. The van der Waals surface area contributed by atoms with Crippen LogP contribution >= 0.6 is 0 Å². The molecular weight excluding hydrogens is 254 g/mol. The summed E-state index contributed by atoms with van der Waals surface area (Å²) in [6.45, 7) is 0.762. The molecule has 0 bridgehead atoms. The third-order valence-electron chi connectivity index (χ3n) is 4.93. The Balaban J connectivity index is 1.49. The first-order valence-corrected chi connectivity index (χ1v) is 7.21. The number of carbonyl (C=O) groups excluding carboxylic acids is 1. The van der Waals surface area contributed by atoms with Gasteiger partial charge in [-0.2, -0.15) is 0 Å². The molecule has 2 N–H and O–H groups in total. The summed E-state index contributed by atoms with van der Waals surface area (Å²) in [5.74, 6) is 0.509. The highest BCUT2D eigenvalue weighted by molar-refractivity contribution is 6.01. The van der Waals surface area contributed by atoms with Crippen molar-refractivity contribution >= 4 is 17.1 Å². The lowest BCUT2D eigenvalue weighted by molar-refractivity contribution is 0.0939. The van der Waals surface area contributed by atoms with E-state index < -0.39 is 0 Å². The van der Waals surface area contributed by atoms with Crippen LogP contribution in [0, 0.1) is 11.3 Å². The number of hydrogen-bond donors (Lipinski definition) is 2. The van der Waals surface area contributed by atoms with Crippen LogP contribution < -0.4 is 5.32 Å². The summed E-state index contributed by atoms with van der Waals surface area (Å²) in [4.78, 5) is 27.4. The van der Waals surface area contributed by atoms with Gasteiger partial charge < -0.3 is 10.3 Å². The van der Waals surface area contributed by atoms with Gasteiger partial charge in [0.25, 0.3) is 5.91 Å². The highest BCUT2D eigenvalue weighted by Gasteiger charge is 2.51. The average Bonchev–Trinajstić information content (AvgIpc) is 2.91. The van der Waals surface area contributed by atoms with Crippen molar-refractivity contribution in [3.63, 3.8) is 0 Å². The maximum Gasteiger partial charge on any atom is 0.272 e. The van der Waals surface area contributed by atoms with Gasteiger partial charge in [0.05, 0.1) is 6.33 Å². The van der Waals surface area contributed by atoms with E-state index >= 15 is 0 Å². The minimum Gasteiger partial charge on any atom is -0.350 e. The fourth-order valence-corrected chi connectivity index (χ4v) is 3.59. The number of nitrogens with zero attached hydrogens (tertiary/aromatic N) is 3. The standard InChI is InChI=1S/C14H17N5O/c20-13(11-10-12(18-7-16-10)19-8-17-11)15-6-9-2-1-3-14(9)4-5-14/h7-9H,1-6H2,(H,15,20)(H,16,17,18,19). The van der Waals surface area contributed by atoms with Gasteiger partial charge in [-0.1, -0.05) is 6.42 Å². The van der Waals surface area contributed by atoms with E-state index in [2.05, 4.69) is 25.3 Å². The highest BCUT2D eigenvalue weighted by Crippen LogP contribution is 2.60. The summed E-state index contributed by atoms with van der Waals surface area (Å²) in [5.41, 5.74) is 2.08. The summed E-state index contributed by atoms with van der Waals surface area (Å²) in [5, 5.41) is 3.04. The van der Waals surface area contributed by atoms with E-state index in [0.29, 0.717) is 28.2 Å². The second-order valence-electron chi connectivity index (χ2n) is 5.98. The van der Waals surface area contributed by atoms with Crippen molar-refractivity contribution in [3.05, 3.63) is 18.3 Å². The van der Waals surface area contributed by atoms with Crippen LogP contribution in [0.4, 0.5) is 0 Å². The average molecular weight is 271 g/mol. The molecule has 2 aliphatic carbocycles. The molecule has 104 valence electrons. The summed E-state index contributed by atoms with van der Waals surface area (Å²) >= 11 is 0. The maximum absolute atomic E-state index is 12.3. The number of imidazole rings is 1. The summed E-state index contributed by atoms with van der Waals surface area (Å²) in [6.07, 6.45) is 9.48. The van der Waals surface area contributed by atoms with Crippen LogP contribution in [-0.4, -0.2) is 32.4 Å². The number of hydrogen-bond acceptors (Lipinski definition) is 4. The molecule has 0 aromatic carbocycles. The van der Waals surface area contributed by atoms with Crippen molar-refractivity contribution in [2.75, 3.05) is 6.54 Å². The summed E-state index contributed by atoms with van der Waals surface area (Å²) in [6, 6.07) is 0. The first-order valence-electron chi connectivity index (χ1n) is 7.21. The van der Waals surface area contributed by atoms with E-state index in [1.165, 1.54) is 44.8 Å². The van der Waals surface area contributed by atoms with Crippen molar-refractivity contribution in [2.45, 2.75) is 32.1 Å². The largest absolute Gasteiger partial charge is 0.350 e. The van der Waals surface area contributed by atoms with E-state index in [1.54, 1.807) is 0 Å².